The van der Waals surface area contributed by atoms with Crippen LogP contribution in [0.2, 0.25) is 0 Å². The molecule has 0 radical (unpaired) electrons. The molecule has 2 aromatic rings. The van der Waals surface area contributed by atoms with Crippen LogP contribution in [0.3, 0.4) is 0 Å². The lowest BCUT2D eigenvalue weighted by molar-refractivity contribution is -0.114. The molecule has 1 aliphatic rings. The Hall–Kier alpha value is -2.82. The second-order valence-electron chi connectivity index (χ2n) is 6.69. The molecule has 0 heterocycles. The topological polar surface area (TPSA) is 70.2 Å². The SMILES string of the molecule is CCc1cccc(C)c1NC(=O)CNc1ccc(C(=O)NC2CC2)cc1. The van der Waals surface area contributed by atoms with E-state index in [4.69, 9.17) is 0 Å². The molecule has 136 valence electrons. The molecule has 3 N–H and O–H groups in total. The molecule has 0 saturated heterocycles. The van der Waals surface area contributed by atoms with Crippen LogP contribution in [-0.4, -0.2) is 24.4 Å². The number of nitrogens with one attached hydrogen (secondary N) is 3. The van der Waals surface area contributed by atoms with E-state index in [2.05, 4.69) is 22.9 Å². The molecule has 5 heteroatoms. The summed E-state index contributed by atoms with van der Waals surface area (Å²) in [6.07, 6.45) is 3.01. The van der Waals surface area contributed by atoms with Crippen LogP contribution in [0.4, 0.5) is 11.4 Å². The fourth-order valence-corrected chi connectivity index (χ4v) is 2.80. The first kappa shape index (κ1) is 18.0. The number of hydrogen-bond donors (Lipinski definition) is 3. The molecule has 0 unspecified atom stereocenters. The predicted octanol–water partition coefficient (Wildman–Crippen LogP) is 3.50. The van der Waals surface area contributed by atoms with Crippen molar-refractivity contribution in [3.8, 4) is 0 Å². The minimum Gasteiger partial charge on any atom is -0.376 e. The lowest BCUT2D eigenvalue weighted by atomic mass is 10.1. The van der Waals surface area contributed by atoms with Gasteiger partial charge in [-0.05, 0) is 61.6 Å². The molecule has 2 aromatic carbocycles. The summed E-state index contributed by atoms with van der Waals surface area (Å²) >= 11 is 0. The number of carbonyl (C=O) groups is 2. The maximum atomic E-state index is 12.3. The van der Waals surface area contributed by atoms with E-state index in [-0.39, 0.29) is 18.4 Å². The third-order valence-corrected chi connectivity index (χ3v) is 4.52. The number of aryl methyl sites for hydroxylation is 2. The zero-order valence-corrected chi connectivity index (χ0v) is 15.3. The van der Waals surface area contributed by atoms with Gasteiger partial charge in [0, 0.05) is 23.0 Å². The monoisotopic (exact) mass is 351 g/mol. The van der Waals surface area contributed by atoms with Gasteiger partial charge in [-0.2, -0.15) is 0 Å². The largest absolute Gasteiger partial charge is 0.376 e. The lowest BCUT2D eigenvalue weighted by Crippen LogP contribution is -2.25. The van der Waals surface area contributed by atoms with Crippen molar-refractivity contribution in [2.24, 2.45) is 0 Å². The standard InChI is InChI=1S/C21H25N3O2/c1-3-15-6-4-5-14(2)20(15)24-19(25)13-22-17-9-7-16(8-10-17)21(26)23-18-11-12-18/h4-10,18,22H,3,11-13H2,1-2H3,(H,23,26)(H,24,25). The third kappa shape index (κ3) is 4.63. The summed E-state index contributed by atoms with van der Waals surface area (Å²) in [5.41, 5.74) is 4.53. The maximum Gasteiger partial charge on any atom is 0.251 e. The first-order valence-corrected chi connectivity index (χ1v) is 9.10. The highest BCUT2D eigenvalue weighted by molar-refractivity contribution is 5.96. The molecule has 0 aliphatic heterocycles. The summed E-state index contributed by atoms with van der Waals surface area (Å²) in [7, 11) is 0. The van der Waals surface area contributed by atoms with E-state index in [1.54, 1.807) is 12.1 Å². The van der Waals surface area contributed by atoms with E-state index in [0.717, 1.165) is 41.8 Å². The van der Waals surface area contributed by atoms with E-state index in [9.17, 15) is 9.59 Å². The fraction of sp³-hybridized carbons (Fsp3) is 0.333. The number of benzene rings is 2. The molecule has 0 spiro atoms. The van der Waals surface area contributed by atoms with E-state index < -0.39 is 0 Å². The Morgan fingerprint density at radius 1 is 1.08 bits per heavy atom. The molecular formula is C21H25N3O2. The van der Waals surface area contributed by atoms with Gasteiger partial charge < -0.3 is 16.0 Å². The van der Waals surface area contributed by atoms with Gasteiger partial charge in [-0.25, -0.2) is 0 Å². The molecule has 3 rings (SSSR count). The van der Waals surface area contributed by atoms with E-state index in [1.165, 1.54) is 0 Å². The van der Waals surface area contributed by atoms with Crippen LogP contribution in [0.15, 0.2) is 42.5 Å². The van der Waals surface area contributed by atoms with Crippen molar-refractivity contribution in [3.63, 3.8) is 0 Å². The summed E-state index contributed by atoms with van der Waals surface area (Å²) in [5, 5.41) is 9.05. The predicted molar refractivity (Wildman–Crippen MR) is 105 cm³/mol. The van der Waals surface area contributed by atoms with Crippen molar-refractivity contribution in [2.75, 3.05) is 17.2 Å². The molecule has 26 heavy (non-hydrogen) atoms. The van der Waals surface area contributed by atoms with Gasteiger partial charge in [0.25, 0.3) is 5.91 Å². The minimum absolute atomic E-state index is 0.0385. The normalized spacial score (nSPS) is 13.2. The Morgan fingerprint density at radius 3 is 2.46 bits per heavy atom. The Kier molecular flexibility index (Phi) is 5.56. The number of para-hydroxylation sites is 1. The van der Waals surface area contributed by atoms with Crippen LogP contribution < -0.4 is 16.0 Å². The van der Waals surface area contributed by atoms with Gasteiger partial charge in [-0.15, -0.1) is 0 Å². The number of rotatable bonds is 7. The molecule has 5 nitrogen and oxygen atoms in total. The van der Waals surface area contributed by atoms with Crippen molar-refractivity contribution in [1.29, 1.82) is 0 Å². The highest BCUT2D eigenvalue weighted by Crippen LogP contribution is 2.21. The molecule has 1 fully saturated rings. The van der Waals surface area contributed by atoms with Crippen molar-refractivity contribution >= 4 is 23.2 Å². The van der Waals surface area contributed by atoms with Gasteiger partial charge >= 0.3 is 0 Å². The fourth-order valence-electron chi connectivity index (χ4n) is 2.80. The zero-order valence-electron chi connectivity index (χ0n) is 15.3. The summed E-state index contributed by atoms with van der Waals surface area (Å²) < 4.78 is 0. The minimum atomic E-state index is -0.0930. The van der Waals surface area contributed by atoms with Gasteiger partial charge in [0.15, 0.2) is 0 Å². The van der Waals surface area contributed by atoms with Crippen LogP contribution >= 0.6 is 0 Å². The van der Waals surface area contributed by atoms with Crippen molar-refractivity contribution in [3.05, 3.63) is 59.2 Å². The van der Waals surface area contributed by atoms with Gasteiger partial charge in [-0.3, -0.25) is 9.59 Å². The van der Waals surface area contributed by atoms with Crippen LogP contribution in [0.1, 0.15) is 41.3 Å². The first-order chi connectivity index (χ1) is 12.6. The smallest absolute Gasteiger partial charge is 0.251 e. The quantitative estimate of drug-likeness (QED) is 0.715. The second-order valence-corrected chi connectivity index (χ2v) is 6.69. The Labute approximate surface area is 154 Å². The zero-order chi connectivity index (χ0) is 18.5. The first-order valence-electron chi connectivity index (χ1n) is 9.10. The summed E-state index contributed by atoms with van der Waals surface area (Å²) in [4.78, 5) is 24.2. The van der Waals surface area contributed by atoms with Crippen LogP contribution in [-0.2, 0) is 11.2 Å². The second kappa shape index (κ2) is 8.04. The average molecular weight is 351 g/mol. The molecular weight excluding hydrogens is 326 g/mol. The summed E-state index contributed by atoms with van der Waals surface area (Å²) in [6, 6.07) is 13.6. The van der Waals surface area contributed by atoms with Crippen LogP contribution in [0.5, 0.6) is 0 Å². The van der Waals surface area contributed by atoms with Gasteiger partial charge in [0.1, 0.15) is 0 Å². The average Bonchev–Trinajstić information content (AvgIpc) is 3.46. The van der Waals surface area contributed by atoms with E-state index in [0.29, 0.717) is 11.6 Å². The highest BCUT2D eigenvalue weighted by atomic mass is 16.2. The Morgan fingerprint density at radius 2 is 1.81 bits per heavy atom. The number of hydrogen-bond acceptors (Lipinski definition) is 3. The number of amides is 2. The molecule has 0 bridgehead atoms. The van der Waals surface area contributed by atoms with Crippen molar-refractivity contribution in [1.82, 2.24) is 5.32 Å². The number of carbonyl (C=O) groups excluding carboxylic acids is 2. The van der Waals surface area contributed by atoms with Gasteiger partial charge in [-0.1, -0.05) is 25.1 Å². The third-order valence-electron chi connectivity index (χ3n) is 4.52. The molecule has 1 saturated carbocycles. The van der Waals surface area contributed by atoms with E-state index in [1.807, 2.05) is 37.3 Å². The van der Waals surface area contributed by atoms with Crippen LogP contribution in [0.25, 0.3) is 0 Å². The Bertz CT molecular complexity index is 795. The van der Waals surface area contributed by atoms with E-state index >= 15 is 0 Å². The lowest BCUT2D eigenvalue weighted by Gasteiger charge is -2.13. The van der Waals surface area contributed by atoms with Crippen molar-refractivity contribution < 1.29 is 9.59 Å². The Balaban J connectivity index is 1.53. The maximum absolute atomic E-state index is 12.3. The van der Waals surface area contributed by atoms with Gasteiger partial charge in [0.05, 0.1) is 6.54 Å². The van der Waals surface area contributed by atoms with Crippen LogP contribution in [0, 0.1) is 6.92 Å². The summed E-state index contributed by atoms with van der Waals surface area (Å²) in [6.45, 7) is 4.24. The van der Waals surface area contributed by atoms with Crippen molar-refractivity contribution in [2.45, 2.75) is 39.2 Å². The highest BCUT2D eigenvalue weighted by Gasteiger charge is 2.23. The molecule has 2 amide bonds. The summed E-state index contributed by atoms with van der Waals surface area (Å²) in [5.74, 6) is -0.131. The number of anilines is 2. The van der Waals surface area contributed by atoms with Gasteiger partial charge in [0.2, 0.25) is 5.91 Å². The molecule has 0 aromatic heterocycles. The molecule has 0 atom stereocenters. The molecule has 1 aliphatic carbocycles.